The number of carboxylic acid groups (broad SMARTS) is 1. The van der Waals surface area contributed by atoms with Crippen LogP contribution in [-0.2, 0) is 9.59 Å². The minimum Gasteiger partial charge on any atom is -0.481 e. The molecular weight excluding hydrogens is 274 g/mol. The number of carbonyl (C=O) groups is 3. The Labute approximate surface area is 125 Å². The van der Waals surface area contributed by atoms with Gasteiger partial charge in [0, 0.05) is 13.0 Å². The minimum atomic E-state index is -0.780. The van der Waals surface area contributed by atoms with Crippen LogP contribution in [0.3, 0.4) is 0 Å². The molecule has 0 aromatic heterocycles. The molecule has 0 saturated carbocycles. The number of hydrogen-bond donors (Lipinski definition) is 4. The summed E-state index contributed by atoms with van der Waals surface area (Å²) in [7, 11) is 0. The van der Waals surface area contributed by atoms with Gasteiger partial charge in [0.25, 0.3) is 0 Å². The van der Waals surface area contributed by atoms with Crippen molar-refractivity contribution in [1.82, 2.24) is 10.6 Å². The third-order valence-corrected chi connectivity index (χ3v) is 2.96. The van der Waals surface area contributed by atoms with E-state index in [1.165, 1.54) is 0 Å². The number of rotatable bonds is 11. The predicted octanol–water partition coefficient (Wildman–Crippen LogP) is 1.22. The van der Waals surface area contributed by atoms with Crippen LogP contribution in [0.5, 0.6) is 0 Å². The summed E-state index contributed by atoms with van der Waals surface area (Å²) in [6.45, 7) is 4.44. The molecule has 0 aliphatic heterocycles. The molecule has 0 rings (SSSR count). The molecule has 0 aromatic carbocycles. The number of urea groups is 1. The van der Waals surface area contributed by atoms with Gasteiger partial charge in [-0.05, 0) is 25.2 Å². The highest BCUT2D eigenvalue weighted by atomic mass is 16.4. The van der Waals surface area contributed by atoms with Crippen molar-refractivity contribution in [2.75, 3.05) is 6.54 Å². The molecule has 1 unspecified atom stereocenters. The molecule has 0 heterocycles. The van der Waals surface area contributed by atoms with E-state index in [0.29, 0.717) is 19.4 Å². The number of nitrogens with two attached hydrogens (primary N) is 1. The van der Waals surface area contributed by atoms with E-state index in [0.717, 1.165) is 19.3 Å². The SMILES string of the molecule is CC(C)CC(NC(N)=O)C(=O)NCCCCCCC(=O)O. The van der Waals surface area contributed by atoms with Crippen LogP contribution in [0.2, 0.25) is 0 Å². The lowest BCUT2D eigenvalue weighted by molar-refractivity contribution is -0.137. The summed E-state index contributed by atoms with van der Waals surface area (Å²) in [6, 6.07) is -1.31. The molecule has 21 heavy (non-hydrogen) atoms. The van der Waals surface area contributed by atoms with E-state index in [2.05, 4.69) is 10.6 Å². The molecule has 5 N–H and O–H groups in total. The van der Waals surface area contributed by atoms with Crippen molar-refractivity contribution in [3.05, 3.63) is 0 Å². The van der Waals surface area contributed by atoms with E-state index in [4.69, 9.17) is 10.8 Å². The van der Waals surface area contributed by atoms with Crippen LogP contribution in [-0.4, -0.2) is 35.6 Å². The van der Waals surface area contributed by atoms with Gasteiger partial charge >= 0.3 is 12.0 Å². The molecule has 0 bridgehead atoms. The highest BCUT2D eigenvalue weighted by Gasteiger charge is 2.20. The number of carboxylic acids is 1. The Balaban J connectivity index is 3.86. The van der Waals surface area contributed by atoms with Crippen molar-refractivity contribution >= 4 is 17.9 Å². The molecule has 0 aromatic rings. The third kappa shape index (κ3) is 11.7. The summed E-state index contributed by atoms with van der Waals surface area (Å²) < 4.78 is 0. The maximum atomic E-state index is 11.9. The summed E-state index contributed by atoms with van der Waals surface area (Å²) in [5.74, 6) is -0.742. The zero-order valence-electron chi connectivity index (χ0n) is 12.9. The first-order valence-electron chi connectivity index (χ1n) is 7.38. The van der Waals surface area contributed by atoms with Gasteiger partial charge in [0.2, 0.25) is 5.91 Å². The van der Waals surface area contributed by atoms with Gasteiger partial charge in [-0.25, -0.2) is 4.79 Å². The van der Waals surface area contributed by atoms with E-state index >= 15 is 0 Å². The zero-order valence-corrected chi connectivity index (χ0v) is 12.9. The van der Waals surface area contributed by atoms with E-state index in [1.807, 2.05) is 13.8 Å². The lowest BCUT2D eigenvalue weighted by atomic mass is 10.0. The van der Waals surface area contributed by atoms with E-state index in [1.54, 1.807) is 0 Å². The van der Waals surface area contributed by atoms with Crippen LogP contribution in [0.4, 0.5) is 4.79 Å². The Kier molecular flexibility index (Phi) is 10.0. The third-order valence-electron chi connectivity index (χ3n) is 2.96. The Morgan fingerprint density at radius 3 is 2.24 bits per heavy atom. The van der Waals surface area contributed by atoms with Gasteiger partial charge in [-0.2, -0.15) is 0 Å². The fourth-order valence-corrected chi connectivity index (χ4v) is 1.96. The fraction of sp³-hybridized carbons (Fsp3) is 0.786. The van der Waals surface area contributed by atoms with Crippen LogP contribution in [0.1, 0.15) is 52.4 Å². The second kappa shape index (κ2) is 10.9. The molecule has 0 radical (unpaired) electrons. The zero-order chi connectivity index (χ0) is 16.3. The molecule has 0 saturated heterocycles. The van der Waals surface area contributed by atoms with Crippen LogP contribution in [0.25, 0.3) is 0 Å². The fourth-order valence-electron chi connectivity index (χ4n) is 1.96. The van der Waals surface area contributed by atoms with Gasteiger partial charge in [0.05, 0.1) is 0 Å². The summed E-state index contributed by atoms with van der Waals surface area (Å²) >= 11 is 0. The van der Waals surface area contributed by atoms with Gasteiger partial charge in [-0.3, -0.25) is 9.59 Å². The van der Waals surface area contributed by atoms with Crippen LogP contribution in [0, 0.1) is 5.92 Å². The summed E-state index contributed by atoms with van der Waals surface area (Å²) in [4.78, 5) is 33.1. The quantitative estimate of drug-likeness (QED) is 0.429. The lowest BCUT2D eigenvalue weighted by Crippen LogP contribution is -2.49. The molecule has 0 aliphatic carbocycles. The van der Waals surface area contributed by atoms with Gasteiger partial charge in [-0.15, -0.1) is 0 Å². The average Bonchev–Trinajstić information content (AvgIpc) is 2.35. The molecule has 122 valence electrons. The van der Waals surface area contributed by atoms with E-state index in [9.17, 15) is 14.4 Å². The molecule has 0 fully saturated rings. The molecule has 7 nitrogen and oxygen atoms in total. The molecule has 0 spiro atoms. The topological polar surface area (TPSA) is 122 Å². The monoisotopic (exact) mass is 301 g/mol. The normalized spacial score (nSPS) is 12.0. The molecule has 7 heteroatoms. The standard InChI is InChI=1S/C14H27N3O4/c1-10(2)9-11(17-14(15)21)13(20)16-8-6-4-3-5-7-12(18)19/h10-11H,3-9H2,1-2H3,(H,16,20)(H,18,19)(H3,15,17,21). The first kappa shape index (κ1) is 19.2. The van der Waals surface area contributed by atoms with E-state index in [-0.39, 0.29) is 18.2 Å². The number of amides is 3. The molecule has 0 aliphatic rings. The predicted molar refractivity (Wildman–Crippen MR) is 79.7 cm³/mol. The Morgan fingerprint density at radius 1 is 1.10 bits per heavy atom. The highest BCUT2D eigenvalue weighted by Crippen LogP contribution is 2.05. The summed E-state index contributed by atoms with van der Waals surface area (Å²) in [6.07, 6.45) is 3.86. The number of unbranched alkanes of at least 4 members (excludes halogenated alkanes) is 3. The first-order chi connectivity index (χ1) is 9.82. The number of nitrogens with one attached hydrogen (secondary N) is 2. The Hall–Kier alpha value is -1.79. The number of hydrogen-bond acceptors (Lipinski definition) is 3. The average molecular weight is 301 g/mol. The summed E-state index contributed by atoms with van der Waals surface area (Å²) in [5, 5.41) is 13.7. The second-order valence-corrected chi connectivity index (χ2v) is 5.54. The van der Waals surface area contributed by atoms with Crippen molar-refractivity contribution in [1.29, 1.82) is 0 Å². The molecular formula is C14H27N3O4. The van der Waals surface area contributed by atoms with Gasteiger partial charge < -0.3 is 21.5 Å². The minimum absolute atomic E-state index is 0.186. The lowest BCUT2D eigenvalue weighted by Gasteiger charge is -2.19. The second-order valence-electron chi connectivity index (χ2n) is 5.54. The maximum absolute atomic E-state index is 11.9. The maximum Gasteiger partial charge on any atom is 0.312 e. The van der Waals surface area contributed by atoms with Crippen molar-refractivity contribution in [3.8, 4) is 0 Å². The molecule has 3 amide bonds. The Morgan fingerprint density at radius 2 is 1.71 bits per heavy atom. The van der Waals surface area contributed by atoms with Crippen LogP contribution in [0.15, 0.2) is 0 Å². The van der Waals surface area contributed by atoms with Gasteiger partial charge in [0.15, 0.2) is 0 Å². The van der Waals surface area contributed by atoms with Crippen molar-refractivity contribution in [2.24, 2.45) is 11.7 Å². The smallest absolute Gasteiger partial charge is 0.312 e. The van der Waals surface area contributed by atoms with Crippen LogP contribution < -0.4 is 16.4 Å². The largest absolute Gasteiger partial charge is 0.481 e. The summed E-state index contributed by atoms with van der Waals surface area (Å²) in [5.41, 5.74) is 5.06. The number of primary amides is 1. The van der Waals surface area contributed by atoms with Crippen molar-refractivity contribution < 1.29 is 19.5 Å². The highest BCUT2D eigenvalue weighted by molar-refractivity contribution is 5.86. The van der Waals surface area contributed by atoms with E-state index < -0.39 is 18.0 Å². The van der Waals surface area contributed by atoms with Crippen molar-refractivity contribution in [3.63, 3.8) is 0 Å². The van der Waals surface area contributed by atoms with Crippen molar-refractivity contribution in [2.45, 2.75) is 58.4 Å². The first-order valence-corrected chi connectivity index (χ1v) is 7.38. The van der Waals surface area contributed by atoms with Gasteiger partial charge in [0.1, 0.15) is 6.04 Å². The number of carbonyl (C=O) groups excluding carboxylic acids is 2. The van der Waals surface area contributed by atoms with Crippen LogP contribution >= 0.6 is 0 Å². The molecule has 1 atom stereocenters. The van der Waals surface area contributed by atoms with Gasteiger partial charge in [-0.1, -0.05) is 26.7 Å². The number of aliphatic carboxylic acids is 1. The Bertz CT molecular complexity index is 345.